The van der Waals surface area contributed by atoms with Crippen molar-refractivity contribution in [3.63, 3.8) is 0 Å². The minimum absolute atomic E-state index is 0.0264. The largest absolute Gasteiger partial charge is 0.478 e. The molecule has 0 aromatic heterocycles. The van der Waals surface area contributed by atoms with Crippen molar-refractivity contribution >= 4 is 23.5 Å². The highest BCUT2D eigenvalue weighted by Gasteiger charge is 2.49. The maximum atomic E-state index is 12.4. The van der Waals surface area contributed by atoms with E-state index < -0.39 is 12.1 Å². The van der Waals surface area contributed by atoms with Gasteiger partial charge in [0.1, 0.15) is 0 Å². The van der Waals surface area contributed by atoms with Gasteiger partial charge < -0.3 is 15.1 Å². The van der Waals surface area contributed by atoms with Crippen LogP contribution in [0.3, 0.4) is 0 Å². The molecule has 2 aliphatic rings. The van der Waals surface area contributed by atoms with Crippen LogP contribution in [0.25, 0.3) is 0 Å². The van der Waals surface area contributed by atoms with Crippen LogP contribution in [0.1, 0.15) is 47.2 Å². The Labute approximate surface area is 187 Å². The number of halogens is 1. The number of hydrogen-bond donors (Lipinski definition) is 2. The minimum atomic E-state index is -0.947. The first kappa shape index (κ1) is 21.6. The van der Waals surface area contributed by atoms with E-state index in [1.165, 1.54) is 0 Å². The average Bonchev–Trinajstić information content (AvgIpc) is 3.50. The smallest absolute Gasteiger partial charge is 0.335 e. The summed E-state index contributed by atoms with van der Waals surface area (Å²) >= 11 is 5.99. The number of carbonyl (C=O) groups excluding carboxylic acids is 1. The predicted molar refractivity (Wildman–Crippen MR) is 119 cm³/mol. The molecule has 0 unspecified atom stereocenters. The van der Waals surface area contributed by atoms with Crippen LogP contribution in [0.2, 0.25) is 5.02 Å². The first-order valence-electron chi connectivity index (χ1n) is 10.6. The standard InChI is InChI=1S/C25H26ClNO4/c26-20-7-5-19(6-8-20)25(14-15-25)22(28)11-9-21-10-12-23(29)27(21)16-13-17-1-3-18(4-2-17)24(30)31/h1-9,11,21-22,28H,10,12-16H2,(H,30,31)/t21-,22+/m0/s1. The molecule has 2 N–H and O–H groups in total. The summed E-state index contributed by atoms with van der Waals surface area (Å²) < 4.78 is 0. The van der Waals surface area contributed by atoms with Gasteiger partial charge in [0.25, 0.3) is 0 Å². The lowest BCUT2D eigenvalue weighted by molar-refractivity contribution is -0.128. The zero-order valence-electron chi connectivity index (χ0n) is 17.2. The highest BCUT2D eigenvalue weighted by Crippen LogP contribution is 2.51. The fourth-order valence-electron chi connectivity index (χ4n) is 4.40. The Hall–Kier alpha value is -2.63. The summed E-state index contributed by atoms with van der Waals surface area (Å²) in [5.74, 6) is -0.831. The molecule has 2 aromatic rings. The summed E-state index contributed by atoms with van der Waals surface area (Å²) in [4.78, 5) is 25.2. The number of likely N-dealkylation sites (tertiary alicyclic amines) is 1. The number of carbonyl (C=O) groups is 2. The SMILES string of the molecule is O=C(O)c1ccc(CCN2C(=O)CC[C@@H]2C=C[C@@H](O)C2(c3ccc(Cl)cc3)CC2)cc1. The van der Waals surface area contributed by atoms with Gasteiger partial charge in [-0.1, -0.05) is 48.0 Å². The monoisotopic (exact) mass is 439 g/mol. The molecule has 0 spiro atoms. The Kier molecular flexibility index (Phi) is 6.17. The van der Waals surface area contributed by atoms with Crippen molar-refractivity contribution in [2.75, 3.05) is 6.54 Å². The molecule has 0 bridgehead atoms. The molecule has 31 heavy (non-hydrogen) atoms. The second-order valence-electron chi connectivity index (χ2n) is 8.44. The van der Waals surface area contributed by atoms with Crippen molar-refractivity contribution in [2.45, 2.75) is 49.7 Å². The summed E-state index contributed by atoms with van der Waals surface area (Å²) in [5, 5.41) is 20.6. The van der Waals surface area contributed by atoms with E-state index >= 15 is 0 Å². The Morgan fingerprint density at radius 2 is 1.84 bits per heavy atom. The molecule has 1 amide bonds. The fourth-order valence-corrected chi connectivity index (χ4v) is 4.53. The summed E-state index contributed by atoms with van der Waals surface area (Å²) in [5.41, 5.74) is 2.09. The fraction of sp³-hybridized carbons (Fsp3) is 0.360. The van der Waals surface area contributed by atoms with Crippen LogP contribution in [0.15, 0.2) is 60.7 Å². The third kappa shape index (κ3) is 4.68. The average molecular weight is 440 g/mol. The summed E-state index contributed by atoms with van der Waals surface area (Å²) in [6.07, 6.45) is 6.99. The Morgan fingerprint density at radius 1 is 1.16 bits per heavy atom. The van der Waals surface area contributed by atoms with E-state index in [9.17, 15) is 14.7 Å². The lowest BCUT2D eigenvalue weighted by Crippen LogP contribution is -2.34. The molecule has 1 aliphatic carbocycles. The van der Waals surface area contributed by atoms with Crippen LogP contribution in [-0.2, 0) is 16.6 Å². The predicted octanol–water partition coefficient (Wildman–Crippen LogP) is 4.22. The maximum Gasteiger partial charge on any atom is 0.335 e. The normalized spacial score (nSPS) is 20.9. The van der Waals surface area contributed by atoms with Gasteiger partial charge in [0, 0.05) is 23.4 Å². The molecule has 1 aliphatic heterocycles. The van der Waals surface area contributed by atoms with Gasteiger partial charge in [-0.3, -0.25) is 4.79 Å². The first-order chi connectivity index (χ1) is 14.9. The third-order valence-electron chi connectivity index (χ3n) is 6.51. The van der Waals surface area contributed by atoms with Crippen molar-refractivity contribution < 1.29 is 19.8 Å². The molecule has 2 atom stereocenters. The number of carboxylic acids is 1. The van der Waals surface area contributed by atoms with E-state index in [4.69, 9.17) is 16.7 Å². The Bertz CT molecular complexity index is 980. The van der Waals surface area contributed by atoms with Crippen molar-refractivity contribution in [3.05, 3.63) is 82.4 Å². The number of aromatic carboxylic acids is 1. The van der Waals surface area contributed by atoms with Crippen molar-refractivity contribution in [2.24, 2.45) is 0 Å². The van der Waals surface area contributed by atoms with Gasteiger partial charge >= 0.3 is 5.97 Å². The van der Waals surface area contributed by atoms with Gasteiger partial charge in [0.05, 0.1) is 17.7 Å². The minimum Gasteiger partial charge on any atom is -0.478 e. The van der Waals surface area contributed by atoms with Crippen LogP contribution < -0.4 is 0 Å². The van der Waals surface area contributed by atoms with Gasteiger partial charge in [-0.2, -0.15) is 0 Å². The van der Waals surface area contributed by atoms with Gasteiger partial charge in [-0.25, -0.2) is 4.79 Å². The molecule has 1 heterocycles. The van der Waals surface area contributed by atoms with E-state index in [-0.39, 0.29) is 22.9 Å². The van der Waals surface area contributed by atoms with Crippen LogP contribution in [-0.4, -0.2) is 45.7 Å². The molecular weight excluding hydrogens is 414 g/mol. The zero-order chi connectivity index (χ0) is 22.0. The third-order valence-corrected chi connectivity index (χ3v) is 6.76. The molecule has 6 heteroatoms. The molecule has 2 aromatic carbocycles. The number of hydrogen-bond acceptors (Lipinski definition) is 3. The van der Waals surface area contributed by atoms with Crippen LogP contribution >= 0.6 is 11.6 Å². The number of aliphatic hydroxyl groups is 1. The second kappa shape index (κ2) is 8.85. The maximum absolute atomic E-state index is 12.4. The van der Waals surface area contributed by atoms with E-state index in [1.807, 2.05) is 41.3 Å². The van der Waals surface area contributed by atoms with Gasteiger partial charge in [-0.05, 0) is 61.1 Å². The summed E-state index contributed by atoms with van der Waals surface area (Å²) in [6, 6.07) is 14.4. The van der Waals surface area contributed by atoms with Gasteiger partial charge in [0.15, 0.2) is 0 Å². The highest BCUT2D eigenvalue weighted by atomic mass is 35.5. The van der Waals surface area contributed by atoms with Crippen molar-refractivity contribution in [1.82, 2.24) is 4.90 Å². The lowest BCUT2D eigenvalue weighted by Gasteiger charge is -2.24. The van der Waals surface area contributed by atoms with E-state index in [0.29, 0.717) is 24.4 Å². The Balaban J connectivity index is 1.39. The number of amides is 1. The molecule has 2 fully saturated rings. The van der Waals surface area contributed by atoms with Crippen molar-refractivity contribution in [1.29, 1.82) is 0 Å². The number of nitrogens with zero attached hydrogens (tertiary/aromatic N) is 1. The van der Waals surface area contributed by atoms with Crippen LogP contribution in [0.4, 0.5) is 0 Å². The number of rotatable bonds is 8. The van der Waals surface area contributed by atoms with Crippen LogP contribution in [0.5, 0.6) is 0 Å². The molecule has 162 valence electrons. The first-order valence-corrected chi connectivity index (χ1v) is 11.0. The van der Waals surface area contributed by atoms with E-state index in [2.05, 4.69) is 0 Å². The summed E-state index contributed by atoms with van der Waals surface area (Å²) in [7, 11) is 0. The second-order valence-corrected chi connectivity index (χ2v) is 8.87. The molecular formula is C25H26ClNO4. The van der Waals surface area contributed by atoms with Crippen LogP contribution in [0, 0.1) is 0 Å². The number of benzene rings is 2. The number of aliphatic hydroxyl groups excluding tert-OH is 1. The summed E-state index contributed by atoms with van der Waals surface area (Å²) in [6.45, 7) is 0.568. The molecule has 5 nitrogen and oxygen atoms in total. The lowest BCUT2D eigenvalue weighted by atomic mass is 9.89. The van der Waals surface area contributed by atoms with Gasteiger partial charge in [-0.15, -0.1) is 0 Å². The molecule has 1 saturated carbocycles. The Morgan fingerprint density at radius 3 is 2.45 bits per heavy atom. The highest BCUT2D eigenvalue weighted by molar-refractivity contribution is 6.30. The molecule has 1 saturated heterocycles. The van der Waals surface area contributed by atoms with Crippen molar-refractivity contribution in [3.8, 4) is 0 Å². The number of carboxylic acid groups (broad SMARTS) is 1. The van der Waals surface area contributed by atoms with E-state index in [0.717, 1.165) is 30.4 Å². The molecule has 4 rings (SSSR count). The zero-order valence-corrected chi connectivity index (χ0v) is 18.0. The quantitative estimate of drug-likeness (QED) is 0.603. The van der Waals surface area contributed by atoms with Gasteiger partial charge in [0.2, 0.25) is 5.91 Å². The topological polar surface area (TPSA) is 77.8 Å². The van der Waals surface area contributed by atoms with E-state index in [1.54, 1.807) is 24.3 Å². The molecule has 0 radical (unpaired) electrons.